The van der Waals surface area contributed by atoms with Gasteiger partial charge in [-0.05, 0) is 36.6 Å². The van der Waals surface area contributed by atoms with Gasteiger partial charge in [-0.1, -0.05) is 66.7 Å². The molecule has 2 aliphatic heterocycles. The SMILES string of the molecule is CCOC(=O)C[C@H]1C[C@H](COc2ccc(-c3ccc(C4=NC(c5ccccc5)ON4)cc3)cc2)NC1=O. The summed E-state index contributed by atoms with van der Waals surface area (Å²) >= 11 is 0. The summed E-state index contributed by atoms with van der Waals surface area (Å²) in [5.41, 5.74) is 7.00. The highest BCUT2D eigenvalue weighted by Gasteiger charge is 2.34. The molecule has 1 unspecified atom stereocenters. The molecular formula is C29H29N3O5. The minimum atomic E-state index is -0.362. The van der Waals surface area contributed by atoms with Crippen LogP contribution in [-0.2, 0) is 19.2 Å². The van der Waals surface area contributed by atoms with Crippen molar-refractivity contribution in [1.29, 1.82) is 0 Å². The normalized spacial score (nSPS) is 20.6. The minimum absolute atomic E-state index is 0.105. The summed E-state index contributed by atoms with van der Waals surface area (Å²) < 4.78 is 10.8. The Morgan fingerprint density at radius 2 is 1.65 bits per heavy atom. The number of amidine groups is 1. The van der Waals surface area contributed by atoms with Crippen molar-refractivity contribution in [3.63, 3.8) is 0 Å². The maximum atomic E-state index is 12.1. The number of carbonyl (C=O) groups is 2. The first-order valence-electron chi connectivity index (χ1n) is 12.4. The van der Waals surface area contributed by atoms with Gasteiger partial charge in [0.25, 0.3) is 0 Å². The number of hydrogen-bond acceptors (Lipinski definition) is 7. The first-order valence-corrected chi connectivity index (χ1v) is 12.4. The van der Waals surface area contributed by atoms with Crippen molar-refractivity contribution in [3.8, 4) is 16.9 Å². The van der Waals surface area contributed by atoms with E-state index in [0.29, 0.717) is 25.5 Å². The highest BCUT2D eigenvalue weighted by molar-refractivity contribution is 5.99. The lowest BCUT2D eigenvalue weighted by Crippen LogP contribution is -2.31. The number of nitrogens with zero attached hydrogens (tertiary/aromatic N) is 1. The number of benzene rings is 3. The molecule has 0 spiro atoms. The molecule has 0 aliphatic carbocycles. The molecule has 1 amide bonds. The van der Waals surface area contributed by atoms with Crippen molar-refractivity contribution in [2.24, 2.45) is 10.9 Å². The number of esters is 1. The fourth-order valence-corrected chi connectivity index (χ4v) is 4.47. The van der Waals surface area contributed by atoms with Gasteiger partial charge in [-0.3, -0.25) is 9.59 Å². The van der Waals surface area contributed by atoms with E-state index < -0.39 is 0 Å². The molecule has 190 valence electrons. The molecule has 1 fully saturated rings. The molecule has 2 heterocycles. The second-order valence-corrected chi connectivity index (χ2v) is 9.02. The van der Waals surface area contributed by atoms with Crippen LogP contribution >= 0.6 is 0 Å². The maximum Gasteiger partial charge on any atom is 0.306 e. The molecule has 37 heavy (non-hydrogen) atoms. The number of nitrogens with one attached hydrogen (secondary N) is 2. The second-order valence-electron chi connectivity index (χ2n) is 9.02. The quantitative estimate of drug-likeness (QED) is 0.429. The first-order chi connectivity index (χ1) is 18.1. The van der Waals surface area contributed by atoms with Crippen LogP contribution in [0, 0.1) is 5.92 Å². The average molecular weight is 500 g/mol. The summed E-state index contributed by atoms with van der Waals surface area (Å²) in [5.74, 6) is 0.593. The van der Waals surface area contributed by atoms with Crippen molar-refractivity contribution in [3.05, 3.63) is 90.0 Å². The van der Waals surface area contributed by atoms with Crippen LogP contribution in [0.15, 0.2) is 83.9 Å². The minimum Gasteiger partial charge on any atom is -0.491 e. The fraction of sp³-hybridized carbons (Fsp3) is 0.276. The van der Waals surface area contributed by atoms with Gasteiger partial charge in [0, 0.05) is 11.1 Å². The molecule has 5 rings (SSSR count). The third kappa shape index (κ3) is 5.98. The molecule has 3 aromatic carbocycles. The molecule has 2 aliphatic rings. The van der Waals surface area contributed by atoms with Crippen molar-refractivity contribution in [2.75, 3.05) is 13.2 Å². The van der Waals surface area contributed by atoms with E-state index in [9.17, 15) is 9.59 Å². The molecule has 8 nitrogen and oxygen atoms in total. The van der Waals surface area contributed by atoms with Gasteiger partial charge in [-0.25, -0.2) is 15.3 Å². The topological polar surface area (TPSA) is 98.2 Å². The van der Waals surface area contributed by atoms with Gasteiger partial charge in [-0.15, -0.1) is 0 Å². The van der Waals surface area contributed by atoms with E-state index in [0.717, 1.165) is 28.0 Å². The van der Waals surface area contributed by atoms with Crippen LogP contribution in [0.5, 0.6) is 5.75 Å². The van der Waals surface area contributed by atoms with Crippen LogP contribution < -0.4 is 15.5 Å². The number of hydroxylamine groups is 1. The Balaban J connectivity index is 1.14. The van der Waals surface area contributed by atoms with Crippen LogP contribution in [0.2, 0.25) is 0 Å². The predicted molar refractivity (Wildman–Crippen MR) is 139 cm³/mol. The molecule has 0 saturated carbocycles. The lowest BCUT2D eigenvalue weighted by molar-refractivity contribution is -0.145. The first kappa shape index (κ1) is 24.5. The maximum absolute atomic E-state index is 12.1. The summed E-state index contributed by atoms with van der Waals surface area (Å²) in [7, 11) is 0. The fourth-order valence-electron chi connectivity index (χ4n) is 4.47. The Morgan fingerprint density at radius 3 is 2.35 bits per heavy atom. The Hall–Kier alpha value is -4.17. The van der Waals surface area contributed by atoms with Crippen LogP contribution in [-0.4, -0.2) is 37.0 Å². The Labute approximate surface area is 215 Å². The largest absolute Gasteiger partial charge is 0.491 e. The molecule has 3 aromatic rings. The second kappa shape index (κ2) is 11.3. The standard InChI is InChI=1S/C29H29N3O5/c1-2-35-26(33)17-23-16-24(30-28(23)34)18-36-25-14-12-20(13-15-25)19-8-10-21(11-9-19)27-31-29(37-32-27)22-6-4-3-5-7-22/h3-15,23-24,29H,2,16-18H2,1H3,(H,30,34)(H,31,32)/t23-,24-,29?/m1/s1. The molecule has 3 atom stereocenters. The molecule has 8 heteroatoms. The lowest BCUT2D eigenvalue weighted by Gasteiger charge is -2.12. The highest BCUT2D eigenvalue weighted by Crippen LogP contribution is 2.26. The summed E-state index contributed by atoms with van der Waals surface area (Å²) in [6, 6.07) is 25.7. The van der Waals surface area contributed by atoms with Gasteiger partial charge in [0.2, 0.25) is 12.1 Å². The molecular weight excluding hydrogens is 470 g/mol. The smallest absolute Gasteiger partial charge is 0.306 e. The number of hydrogen-bond donors (Lipinski definition) is 2. The molecule has 1 saturated heterocycles. The van der Waals surface area contributed by atoms with Gasteiger partial charge in [0.15, 0.2) is 5.84 Å². The monoisotopic (exact) mass is 499 g/mol. The molecule has 0 bridgehead atoms. The summed E-state index contributed by atoms with van der Waals surface area (Å²) in [5, 5.41) is 2.90. The average Bonchev–Trinajstić information content (AvgIpc) is 3.56. The number of ether oxygens (including phenoxy) is 2. The third-order valence-electron chi connectivity index (χ3n) is 6.40. The van der Waals surface area contributed by atoms with Gasteiger partial charge in [-0.2, -0.15) is 0 Å². The number of carbonyl (C=O) groups excluding carboxylic acids is 2. The lowest BCUT2D eigenvalue weighted by atomic mass is 10.0. The van der Waals surface area contributed by atoms with Crippen molar-refractivity contribution < 1.29 is 23.9 Å². The third-order valence-corrected chi connectivity index (χ3v) is 6.40. The summed E-state index contributed by atoms with van der Waals surface area (Å²) in [6.07, 6.45) is 0.303. The van der Waals surface area contributed by atoms with Crippen molar-refractivity contribution >= 4 is 17.7 Å². The molecule has 2 N–H and O–H groups in total. The molecule has 0 aromatic heterocycles. The van der Waals surface area contributed by atoms with Crippen molar-refractivity contribution in [2.45, 2.75) is 32.0 Å². The zero-order chi connectivity index (χ0) is 25.6. The van der Waals surface area contributed by atoms with E-state index in [-0.39, 0.29) is 36.5 Å². The molecule has 0 radical (unpaired) electrons. The van der Waals surface area contributed by atoms with Crippen LogP contribution in [0.3, 0.4) is 0 Å². The van der Waals surface area contributed by atoms with Crippen LogP contribution in [0.25, 0.3) is 11.1 Å². The van der Waals surface area contributed by atoms with Gasteiger partial charge >= 0.3 is 5.97 Å². The predicted octanol–water partition coefficient (Wildman–Crippen LogP) is 4.17. The zero-order valence-electron chi connectivity index (χ0n) is 20.6. The highest BCUT2D eigenvalue weighted by atomic mass is 16.7. The van der Waals surface area contributed by atoms with Crippen molar-refractivity contribution in [1.82, 2.24) is 10.8 Å². The van der Waals surface area contributed by atoms with E-state index in [1.807, 2.05) is 78.9 Å². The van der Waals surface area contributed by atoms with Gasteiger partial charge in [0.1, 0.15) is 12.4 Å². The van der Waals surface area contributed by atoms with Gasteiger partial charge < -0.3 is 14.8 Å². The van der Waals surface area contributed by atoms with Gasteiger partial charge in [0.05, 0.1) is 25.0 Å². The zero-order valence-corrected chi connectivity index (χ0v) is 20.6. The Morgan fingerprint density at radius 1 is 0.973 bits per heavy atom. The Bertz CT molecular complexity index is 1260. The number of rotatable bonds is 9. The number of amides is 1. The number of aliphatic imine (C=N–C) groups is 1. The van der Waals surface area contributed by atoms with E-state index in [1.165, 1.54) is 0 Å². The van der Waals surface area contributed by atoms with E-state index in [2.05, 4.69) is 15.8 Å². The summed E-state index contributed by atoms with van der Waals surface area (Å²) in [4.78, 5) is 34.1. The van der Waals surface area contributed by atoms with E-state index in [4.69, 9.17) is 14.3 Å². The van der Waals surface area contributed by atoms with Crippen LogP contribution in [0.1, 0.15) is 37.1 Å². The summed E-state index contributed by atoms with van der Waals surface area (Å²) in [6.45, 7) is 2.42. The van der Waals surface area contributed by atoms with E-state index >= 15 is 0 Å². The Kier molecular flexibility index (Phi) is 7.46. The van der Waals surface area contributed by atoms with E-state index in [1.54, 1.807) is 6.92 Å². The van der Waals surface area contributed by atoms with Crippen LogP contribution in [0.4, 0.5) is 0 Å².